The summed E-state index contributed by atoms with van der Waals surface area (Å²) in [6.07, 6.45) is 3.05. The van der Waals surface area contributed by atoms with Crippen LogP contribution in [-0.2, 0) is 0 Å². The molecule has 0 aliphatic carbocycles. The molecular weight excluding hydrogens is 342 g/mol. The molecular formula is C18H22ClN3O3. The molecule has 6 nitrogen and oxygen atoms in total. The Bertz CT molecular complexity index is 743. The number of aromatic nitrogens is 1. The molecule has 1 unspecified atom stereocenters. The molecule has 0 spiro atoms. The fraction of sp³-hybridized carbons (Fsp3) is 0.444. The van der Waals surface area contributed by atoms with Gasteiger partial charge in [0.05, 0.1) is 0 Å². The van der Waals surface area contributed by atoms with Crippen LogP contribution in [0.4, 0.5) is 5.82 Å². The molecule has 0 amide bonds. The van der Waals surface area contributed by atoms with Gasteiger partial charge in [-0.15, -0.1) is 0 Å². The van der Waals surface area contributed by atoms with Gasteiger partial charge >= 0.3 is 5.97 Å². The summed E-state index contributed by atoms with van der Waals surface area (Å²) in [5.74, 6) is -0.348. The third-order valence-electron chi connectivity index (χ3n) is 4.72. The number of hydrogen-bond acceptors (Lipinski definition) is 5. The van der Waals surface area contributed by atoms with Crippen LogP contribution in [0.15, 0.2) is 28.8 Å². The van der Waals surface area contributed by atoms with Gasteiger partial charge in [0.2, 0.25) is 0 Å². The molecule has 1 fully saturated rings. The topological polar surface area (TPSA) is 69.8 Å². The Morgan fingerprint density at radius 2 is 2.00 bits per heavy atom. The van der Waals surface area contributed by atoms with Crippen molar-refractivity contribution in [3.05, 3.63) is 34.9 Å². The Morgan fingerprint density at radius 1 is 1.28 bits per heavy atom. The van der Waals surface area contributed by atoms with E-state index in [9.17, 15) is 9.90 Å². The molecule has 0 saturated carbocycles. The van der Waals surface area contributed by atoms with Gasteiger partial charge in [-0.3, -0.25) is 0 Å². The second-order valence-corrected chi connectivity index (χ2v) is 6.99. The van der Waals surface area contributed by atoms with Crippen molar-refractivity contribution in [1.82, 2.24) is 10.1 Å². The highest BCUT2D eigenvalue weighted by molar-refractivity contribution is 6.30. The zero-order valence-corrected chi connectivity index (χ0v) is 15.2. The van der Waals surface area contributed by atoms with E-state index in [4.69, 9.17) is 16.1 Å². The number of anilines is 1. The van der Waals surface area contributed by atoms with Crippen LogP contribution in [-0.4, -0.2) is 54.4 Å². The average Bonchev–Trinajstić information content (AvgIpc) is 2.86. The fourth-order valence-electron chi connectivity index (χ4n) is 3.30. The number of carboxylic acids is 1. The first-order valence-electron chi connectivity index (χ1n) is 8.37. The number of carboxylic acid groups (broad SMARTS) is 1. The molecule has 7 heteroatoms. The Kier molecular flexibility index (Phi) is 5.30. The Labute approximate surface area is 152 Å². The van der Waals surface area contributed by atoms with E-state index in [1.807, 2.05) is 4.90 Å². The third kappa shape index (κ3) is 3.80. The lowest BCUT2D eigenvalue weighted by molar-refractivity contribution is 0.0698. The Morgan fingerprint density at radius 3 is 2.64 bits per heavy atom. The highest BCUT2D eigenvalue weighted by atomic mass is 35.5. The van der Waals surface area contributed by atoms with Crippen LogP contribution in [0.3, 0.4) is 0 Å². The van der Waals surface area contributed by atoms with Crippen LogP contribution in [0.1, 0.15) is 29.6 Å². The summed E-state index contributed by atoms with van der Waals surface area (Å²) >= 11 is 5.91. The van der Waals surface area contributed by atoms with E-state index in [2.05, 4.69) is 24.2 Å². The largest absolute Gasteiger partial charge is 0.477 e. The molecule has 1 aromatic carbocycles. The van der Waals surface area contributed by atoms with Gasteiger partial charge in [-0.1, -0.05) is 16.8 Å². The molecule has 2 heterocycles. The quantitative estimate of drug-likeness (QED) is 0.894. The van der Waals surface area contributed by atoms with Crippen LogP contribution in [0.25, 0.3) is 11.3 Å². The maximum Gasteiger partial charge on any atom is 0.343 e. The van der Waals surface area contributed by atoms with Gasteiger partial charge in [-0.2, -0.15) is 0 Å². The van der Waals surface area contributed by atoms with Gasteiger partial charge in [-0.05, 0) is 57.6 Å². The summed E-state index contributed by atoms with van der Waals surface area (Å²) in [6.45, 7) is 1.53. The molecule has 25 heavy (non-hydrogen) atoms. The number of aromatic carboxylic acids is 1. The second kappa shape index (κ2) is 7.45. The molecule has 3 rings (SSSR count). The SMILES string of the molecule is CN(C)C1CCCN(c2noc(-c3ccc(Cl)cc3)c2C(=O)O)CC1. The van der Waals surface area contributed by atoms with Crippen LogP contribution >= 0.6 is 11.6 Å². The summed E-state index contributed by atoms with van der Waals surface area (Å²) < 4.78 is 5.43. The smallest absolute Gasteiger partial charge is 0.343 e. The number of rotatable bonds is 4. The predicted molar refractivity (Wildman–Crippen MR) is 97.4 cm³/mol. The minimum atomic E-state index is -1.03. The lowest BCUT2D eigenvalue weighted by atomic mass is 10.1. The van der Waals surface area contributed by atoms with Crippen molar-refractivity contribution < 1.29 is 14.4 Å². The van der Waals surface area contributed by atoms with E-state index in [0.717, 1.165) is 32.4 Å². The summed E-state index contributed by atoms with van der Waals surface area (Å²) in [5, 5.41) is 14.4. The van der Waals surface area contributed by atoms with Gasteiger partial charge in [0.15, 0.2) is 17.1 Å². The molecule has 0 radical (unpaired) electrons. The summed E-state index contributed by atoms with van der Waals surface area (Å²) in [7, 11) is 4.16. The van der Waals surface area contributed by atoms with E-state index < -0.39 is 5.97 Å². The van der Waals surface area contributed by atoms with Gasteiger partial charge in [0, 0.05) is 29.7 Å². The molecule has 1 atom stereocenters. The van der Waals surface area contributed by atoms with Crippen LogP contribution < -0.4 is 4.90 Å². The molecule has 0 bridgehead atoms. The molecule has 1 saturated heterocycles. The van der Waals surface area contributed by atoms with Crippen molar-refractivity contribution in [2.24, 2.45) is 0 Å². The summed E-state index contributed by atoms with van der Waals surface area (Å²) in [5.41, 5.74) is 0.771. The van der Waals surface area contributed by atoms with Crippen molar-refractivity contribution in [2.75, 3.05) is 32.1 Å². The molecule has 1 aliphatic rings. The van der Waals surface area contributed by atoms with Crippen molar-refractivity contribution in [3.63, 3.8) is 0 Å². The maximum absolute atomic E-state index is 11.9. The van der Waals surface area contributed by atoms with Gasteiger partial charge in [0.1, 0.15) is 0 Å². The first-order chi connectivity index (χ1) is 12.0. The number of halogens is 1. The average molecular weight is 364 g/mol. The Balaban J connectivity index is 1.92. The Hall–Kier alpha value is -2.05. The highest BCUT2D eigenvalue weighted by Gasteiger charge is 2.29. The van der Waals surface area contributed by atoms with E-state index in [1.165, 1.54) is 0 Å². The second-order valence-electron chi connectivity index (χ2n) is 6.56. The lowest BCUT2D eigenvalue weighted by Crippen LogP contribution is -2.30. The zero-order chi connectivity index (χ0) is 18.0. The monoisotopic (exact) mass is 363 g/mol. The van der Waals surface area contributed by atoms with Gasteiger partial charge in [-0.25, -0.2) is 4.79 Å². The minimum Gasteiger partial charge on any atom is -0.477 e. The standard InChI is InChI=1S/C18H22ClN3O3/c1-21(2)14-4-3-10-22(11-9-14)17-15(18(23)24)16(25-20-17)12-5-7-13(19)8-6-12/h5-8,14H,3-4,9-11H2,1-2H3,(H,23,24). The van der Waals surface area contributed by atoms with Crippen LogP contribution in [0, 0.1) is 0 Å². The van der Waals surface area contributed by atoms with E-state index in [-0.39, 0.29) is 11.3 Å². The molecule has 134 valence electrons. The van der Waals surface area contributed by atoms with Crippen molar-refractivity contribution in [2.45, 2.75) is 25.3 Å². The summed E-state index contributed by atoms with van der Waals surface area (Å²) in [6, 6.07) is 7.39. The minimum absolute atomic E-state index is 0.116. The third-order valence-corrected chi connectivity index (χ3v) is 4.97. The molecule has 2 aromatic rings. The number of benzene rings is 1. The number of nitrogens with zero attached hydrogens (tertiary/aromatic N) is 3. The van der Waals surface area contributed by atoms with Crippen molar-refractivity contribution in [1.29, 1.82) is 0 Å². The first kappa shape index (κ1) is 17.8. The lowest BCUT2D eigenvalue weighted by Gasteiger charge is -2.23. The number of hydrogen-bond donors (Lipinski definition) is 1. The van der Waals surface area contributed by atoms with Crippen LogP contribution in [0.5, 0.6) is 0 Å². The van der Waals surface area contributed by atoms with Crippen LogP contribution in [0.2, 0.25) is 5.02 Å². The van der Waals surface area contributed by atoms with E-state index in [0.29, 0.717) is 22.4 Å². The highest BCUT2D eigenvalue weighted by Crippen LogP contribution is 2.33. The fourth-order valence-corrected chi connectivity index (χ4v) is 3.42. The van der Waals surface area contributed by atoms with Crippen molar-refractivity contribution in [3.8, 4) is 11.3 Å². The number of carbonyl (C=O) groups is 1. The van der Waals surface area contributed by atoms with E-state index >= 15 is 0 Å². The zero-order valence-electron chi connectivity index (χ0n) is 14.4. The predicted octanol–water partition coefficient (Wildman–Crippen LogP) is 3.61. The van der Waals surface area contributed by atoms with Crippen molar-refractivity contribution >= 4 is 23.4 Å². The normalized spacial score (nSPS) is 18.4. The summed E-state index contributed by atoms with van der Waals surface area (Å²) in [4.78, 5) is 16.1. The maximum atomic E-state index is 11.9. The van der Waals surface area contributed by atoms with Gasteiger partial charge in [0.25, 0.3) is 0 Å². The molecule has 1 aliphatic heterocycles. The first-order valence-corrected chi connectivity index (χ1v) is 8.75. The molecule has 1 N–H and O–H groups in total. The van der Waals surface area contributed by atoms with Gasteiger partial charge < -0.3 is 19.4 Å². The molecule has 1 aromatic heterocycles. The van der Waals surface area contributed by atoms with E-state index in [1.54, 1.807) is 24.3 Å².